The van der Waals surface area contributed by atoms with Crippen LogP contribution < -0.4 is 0 Å². The number of hydrogen-bond acceptors (Lipinski definition) is 2. The van der Waals surface area contributed by atoms with Gasteiger partial charge in [0.2, 0.25) is 5.91 Å². The van der Waals surface area contributed by atoms with Gasteiger partial charge in [0.05, 0.1) is 5.41 Å². The number of carbonyl (C=O) groups excluding carboxylic acids is 1. The van der Waals surface area contributed by atoms with Crippen LogP contribution in [-0.4, -0.2) is 35.6 Å². The van der Waals surface area contributed by atoms with Crippen molar-refractivity contribution >= 4 is 5.91 Å². The van der Waals surface area contributed by atoms with Crippen molar-refractivity contribution in [3.05, 3.63) is 35.9 Å². The SMILES string of the molecule is O=C(N1CCCC(CO)CC1)C1(Cc2ccccc2)CC1. The number of carbonyl (C=O) groups is 1. The van der Waals surface area contributed by atoms with E-state index < -0.39 is 0 Å². The van der Waals surface area contributed by atoms with Gasteiger partial charge in [0.15, 0.2) is 0 Å². The third-order valence-corrected chi connectivity index (χ3v) is 5.09. The minimum absolute atomic E-state index is 0.125. The number of aliphatic hydroxyl groups is 1. The Hall–Kier alpha value is -1.35. The maximum Gasteiger partial charge on any atom is 0.229 e. The molecular formula is C18H25NO2. The Morgan fingerprint density at radius 3 is 2.62 bits per heavy atom. The molecule has 0 spiro atoms. The predicted octanol–water partition coefficient (Wildman–Crippen LogP) is 2.63. The number of benzene rings is 1. The third-order valence-electron chi connectivity index (χ3n) is 5.09. The van der Waals surface area contributed by atoms with E-state index in [0.29, 0.717) is 11.8 Å². The van der Waals surface area contributed by atoms with Gasteiger partial charge in [-0.25, -0.2) is 0 Å². The second-order valence-corrected chi connectivity index (χ2v) is 6.71. The molecule has 3 rings (SSSR count). The molecule has 1 amide bonds. The molecule has 1 aliphatic heterocycles. The fourth-order valence-corrected chi connectivity index (χ4v) is 3.49. The fraction of sp³-hybridized carbons (Fsp3) is 0.611. The van der Waals surface area contributed by atoms with Crippen LogP contribution in [0.1, 0.15) is 37.7 Å². The van der Waals surface area contributed by atoms with Gasteiger partial charge in [-0.15, -0.1) is 0 Å². The lowest BCUT2D eigenvalue weighted by Crippen LogP contribution is -2.39. The van der Waals surface area contributed by atoms with Crippen LogP contribution in [0.5, 0.6) is 0 Å². The smallest absolute Gasteiger partial charge is 0.229 e. The molecular weight excluding hydrogens is 262 g/mol. The van der Waals surface area contributed by atoms with Crippen LogP contribution in [-0.2, 0) is 11.2 Å². The maximum absolute atomic E-state index is 12.9. The Kier molecular flexibility index (Phi) is 4.29. The first kappa shape index (κ1) is 14.6. The zero-order chi connectivity index (χ0) is 14.7. The number of amides is 1. The molecule has 21 heavy (non-hydrogen) atoms. The van der Waals surface area contributed by atoms with E-state index in [1.807, 2.05) is 18.2 Å². The Balaban J connectivity index is 1.64. The monoisotopic (exact) mass is 287 g/mol. The molecule has 1 aromatic rings. The summed E-state index contributed by atoms with van der Waals surface area (Å²) >= 11 is 0. The van der Waals surface area contributed by atoms with Crippen LogP contribution in [0.4, 0.5) is 0 Å². The highest BCUT2D eigenvalue weighted by Crippen LogP contribution is 2.50. The summed E-state index contributed by atoms with van der Waals surface area (Å²) < 4.78 is 0. The standard InChI is InChI=1S/C18H25NO2/c20-14-16-7-4-11-19(12-8-16)17(21)18(9-10-18)13-15-5-2-1-3-6-15/h1-3,5-6,16,20H,4,7-14H2. The van der Waals surface area contributed by atoms with Gasteiger partial charge in [-0.1, -0.05) is 30.3 Å². The molecule has 114 valence electrons. The molecule has 1 saturated carbocycles. The number of nitrogens with zero attached hydrogens (tertiary/aromatic N) is 1. The van der Waals surface area contributed by atoms with Gasteiger partial charge < -0.3 is 10.0 Å². The van der Waals surface area contributed by atoms with Gasteiger partial charge in [0.25, 0.3) is 0 Å². The topological polar surface area (TPSA) is 40.5 Å². The summed E-state index contributed by atoms with van der Waals surface area (Å²) in [6.45, 7) is 1.95. The summed E-state index contributed by atoms with van der Waals surface area (Å²) in [6.07, 6.45) is 5.96. The van der Waals surface area contributed by atoms with Gasteiger partial charge in [-0.05, 0) is 50.0 Å². The first-order chi connectivity index (χ1) is 10.2. The summed E-state index contributed by atoms with van der Waals surface area (Å²) in [4.78, 5) is 15.0. The lowest BCUT2D eigenvalue weighted by Gasteiger charge is -2.26. The van der Waals surface area contributed by atoms with Crippen LogP contribution in [0.2, 0.25) is 0 Å². The third kappa shape index (κ3) is 3.29. The van der Waals surface area contributed by atoms with Crippen molar-refractivity contribution in [1.29, 1.82) is 0 Å². The van der Waals surface area contributed by atoms with Gasteiger partial charge in [-0.3, -0.25) is 4.79 Å². The molecule has 1 aromatic carbocycles. The summed E-state index contributed by atoms with van der Waals surface area (Å²) in [6, 6.07) is 10.4. The maximum atomic E-state index is 12.9. The number of hydrogen-bond donors (Lipinski definition) is 1. The van der Waals surface area contributed by atoms with Crippen LogP contribution in [0.3, 0.4) is 0 Å². The Bertz CT molecular complexity index is 481. The highest BCUT2D eigenvalue weighted by molar-refractivity contribution is 5.85. The van der Waals surface area contributed by atoms with Crippen molar-refractivity contribution in [2.24, 2.45) is 11.3 Å². The Labute approximate surface area is 127 Å². The molecule has 3 heteroatoms. The van der Waals surface area contributed by atoms with Gasteiger partial charge in [0.1, 0.15) is 0 Å². The highest BCUT2D eigenvalue weighted by Gasteiger charge is 2.51. The molecule has 1 saturated heterocycles. The van der Waals surface area contributed by atoms with Crippen LogP contribution in [0, 0.1) is 11.3 Å². The molecule has 1 atom stereocenters. The van der Waals surface area contributed by atoms with Crippen molar-refractivity contribution < 1.29 is 9.90 Å². The van der Waals surface area contributed by atoms with E-state index in [9.17, 15) is 9.90 Å². The molecule has 1 heterocycles. The molecule has 1 aliphatic carbocycles. The molecule has 1 unspecified atom stereocenters. The van der Waals surface area contributed by atoms with Crippen molar-refractivity contribution in [1.82, 2.24) is 4.90 Å². The van der Waals surface area contributed by atoms with E-state index in [4.69, 9.17) is 0 Å². The molecule has 2 fully saturated rings. The van der Waals surface area contributed by atoms with Gasteiger partial charge >= 0.3 is 0 Å². The molecule has 0 radical (unpaired) electrons. The number of aliphatic hydroxyl groups excluding tert-OH is 1. The summed E-state index contributed by atoms with van der Waals surface area (Å²) in [7, 11) is 0. The minimum Gasteiger partial charge on any atom is -0.396 e. The van der Waals surface area contributed by atoms with E-state index >= 15 is 0 Å². The zero-order valence-corrected chi connectivity index (χ0v) is 12.6. The highest BCUT2D eigenvalue weighted by atomic mass is 16.3. The zero-order valence-electron chi connectivity index (χ0n) is 12.6. The Morgan fingerprint density at radius 1 is 1.19 bits per heavy atom. The average Bonchev–Trinajstić information content (AvgIpc) is 3.31. The number of likely N-dealkylation sites (tertiary alicyclic amines) is 1. The largest absolute Gasteiger partial charge is 0.396 e. The first-order valence-corrected chi connectivity index (χ1v) is 8.18. The van der Waals surface area contributed by atoms with E-state index in [2.05, 4.69) is 17.0 Å². The van der Waals surface area contributed by atoms with E-state index in [-0.39, 0.29) is 12.0 Å². The molecule has 1 N–H and O–H groups in total. The second kappa shape index (κ2) is 6.18. The quantitative estimate of drug-likeness (QED) is 0.925. The molecule has 2 aliphatic rings. The van der Waals surface area contributed by atoms with Crippen LogP contribution in [0.15, 0.2) is 30.3 Å². The van der Waals surface area contributed by atoms with E-state index in [1.54, 1.807) is 0 Å². The predicted molar refractivity (Wildman–Crippen MR) is 82.8 cm³/mol. The van der Waals surface area contributed by atoms with Crippen LogP contribution >= 0.6 is 0 Å². The van der Waals surface area contributed by atoms with Gasteiger partial charge in [0, 0.05) is 19.7 Å². The summed E-state index contributed by atoms with van der Waals surface area (Å²) in [5.74, 6) is 0.733. The first-order valence-electron chi connectivity index (χ1n) is 8.18. The molecule has 3 nitrogen and oxygen atoms in total. The Morgan fingerprint density at radius 2 is 1.95 bits per heavy atom. The molecule has 0 aromatic heterocycles. The summed E-state index contributed by atoms with van der Waals surface area (Å²) in [5, 5.41) is 9.30. The number of rotatable bonds is 4. The average molecular weight is 287 g/mol. The van der Waals surface area contributed by atoms with E-state index in [0.717, 1.165) is 51.6 Å². The normalized spacial score (nSPS) is 24.4. The van der Waals surface area contributed by atoms with Crippen molar-refractivity contribution in [3.8, 4) is 0 Å². The van der Waals surface area contributed by atoms with Crippen LogP contribution in [0.25, 0.3) is 0 Å². The summed E-state index contributed by atoms with van der Waals surface area (Å²) in [5.41, 5.74) is 1.15. The lowest BCUT2D eigenvalue weighted by atomic mass is 9.94. The van der Waals surface area contributed by atoms with Crippen molar-refractivity contribution in [2.75, 3.05) is 19.7 Å². The van der Waals surface area contributed by atoms with Gasteiger partial charge in [-0.2, -0.15) is 0 Å². The minimum atomic E-state index is -0.125. The van der Waals surface area contributed by atoms with Crippen molar-refractivity contribution in [2.45, 2.75) is 38.5 Å². The fourth-order valence-electron chi connectivity index (χ4n) is 3.49. The molecule has 0 bridgehead atoms. The van der Waals surface area contributed by atoms with Crippen molar-refractivity contribution in [3.63, 3.8) is 0 Å². The van der Waals surface area contributed by atoms with E-state index in [1.165, 1.54) is 5.56 Å². The second-order valence-electron chi connectivity index (χ2n) is 6.71. The lowest BCUT2D eigenvalue weighted by molar-refractivity contribution is -0.137.